The van der Waals surface area contributed by atoms with E-state index >= 15 is 0 Å². The number of rotatable bonds is 5. The summed E-state index contributed by atoms with van der Waals surface area (Å²) >= 11 is 3.27. The van der Waals surface area contributed by atoms with Crippen molar-refractivity contribution in [1.82, 2.24) is 15.0 Å². The van der Waals surface area contributed by atoms with E-state index in [1.807, 2.05) is 0 Å². The van der Waals surface area contributed by atoms with Gasteiger partial charge >= 0.3 is 6.36 Å². The first kappa shape index (κ1) is 18.0. The quantitative estimate of drug-likeness (QED) is 0.653. The average Bonchev–Trinajstić information content (AvgIpc) is 3.05. The number of hydrogen-bond donors (Lipinski definition) is 1. The number of hydrogen-bond acceptors (Lipinski definition) is 7. The highest BCUT2D eigenvalue weighted by Gasteiger charge is 2.31. The predicted octanol–water partition coefficient (Wildman–Crippen LogP) is 4.05. The molecule has 0 saturated carbocycles. The first-order valence-corrected chi connectivity index (χ1v) is 7.89. The lowest BCUT2D eigenvalue weighted by Crippen LogP contribution is -2.20. The molecule has 0 spiro atoms. The van der Waals surface area contributed by atoms with E-state index < -0.39 is 6.36 Å². The molecule has 0 unspecified atom stereocenters. The van der Waals surface area contributed by atoms with Crippen molar-refractivity contribution in [1.29, 1.82) is 0 Å². The molecule has 2 N–H and O–H groups in total. The fraction of sp³-hybridized carbons (Fsp3) is 0.133. The second-order valence-corrected chi connectivity index (χ2v) is 5.85. The molecule has 0 bridgehead atoms. The summed E-state index contributed by atoms with van der Waals surface area (Å²) in [4.78, 5) is 13.7. The summed E-state index contributed by atoms with van der Waals surface area (Å²) in [7, 11) is 0. The molecule has 0 aliphatic heterocycles. The molecule has 1 aromatic carbocycles. The number of benzene rings is 1. The van der Waals surface area contributed by atoms with Crippen molar-refractivity contribution in [3.8, 4) is 5.75 Å². The fourth-order valence-corrected chi connectivity index (χ4v) is 2.76. The molecule has 3 aromatic rings. The predicted molar refractivity (Wildman–Crippen MR) is 89.6 cm³/mol. The van der Waals surface area contributed by atoms with Crippen LogP contribution in [0.1, 0.15) is 5.69 Å². The van der Waals surface area contributed by atoms with Crippen molar-refractivity contribution in [3.05, 3.63) is 53.3 Å². The number of nitrogen functional groups attached to an aromatic ring is 1. The molecule has 0 amide bonds. The van der Waals surface area contributed by atoms with Gasteiger partial charge in [-0.2, -0.15) is 4.98 Å². The summed E-state index contributed by atoms with van der Waals surface area (Å²) in [6, 6.07) is 5.49. The Morgan fingerprint density at radius 2 is 2.04 bits per heavy atom. The molecule has 0 fully saturated rings. The van der Waals surface area contributed by atoms with Gasteiger partial charge in [-0.05, 0) is 40.2 Å². The first-order valence-electron chi connectivity index (χ1n) is 7.10. The van der Waals surface area contributed by atoms with Gasteiger partial charge in [0.15, 0.2) is 6.39 Å². The minimum absolute atomic E-state index is 0.0563. The smallest absolute Gasteiger partial charge is 0.451 e. The van der Waals surface area contributed by atoms with Gasteiger partial charge < -0.3 is 19.8 Å². The van der Waals surface area contributed by atoms with Crippen molar-refractivity contribution in [2.45, 2.75) is 12.9 Å². The van der Waals surface area contributed by atoms with Crippen LogP contribution in [0.4, 0.5) is 30.6 Å². The third-order valence-electron chi connectivity index (χ3n) is 3.18. The number of nitrogens with two attached hydrogens (primary N) is 1. The van der Waals surface area contributed by atoms with E-state index in [4.69, 9.17) is 10.2 Å². The number of ether oxygens (including phenoxy) is 1. The molecule has 11 heteroatoms. The van der Waals surface area contributed by atoms with Gasteiger partial charge in [0.05, 0.1) is 17.9 Å². The van der Waals surface area contributed by atoms with E-state index in [1.54, 1.807) is 11.0 Å². The lowest BCUT2D eigenvalue weighted by molar-refractivity contribution is -0.274. The molecule has 0 atom stereocenters. The van der Waals surface area contributed by atoms with Crippen molar-refractivity contribution < 1.29 is 22.3 Å². The van der Waals surface area contributed by atoms with Crippen molar-refractivity contribution in [3.63, 3.8) is 0 Å². The molecular weight excluding hydrogens is 419 g/mol. The number of oxazole rings is 1. The molecule has 2 aromatic heterocycles. The zero-order valence-electron chi connectivity index (χ0n) is 12.9. The fourth-order valence-electron chi connectivity index (χ4n) is 2.18. The summed E-state index contributed by atoms with van der Waals surface area (Å²) in [5.74, 6) is 0.142. The Hall–Kier alpha value is -2.82. The maximum Gasteiger partial charge on any atom is 0.573 e. The molecule has 0 aliphatic carbocycles. The molecule has 0 aliphatic rings. The van der Waals surface area contributed by atoms with Crippen LogP contribution in [0.25, 0.3) is 0 Å². The topological polar surface area (TPSA) is 90.3 Å². The third kappa shape index (κ3) is 4.42. The van der Waals surface area contributed by atoms with Crippen LogP contribution in [-0.4, -0.2) is 21.3 Å². The van der Waals surface area contributed by atoms with E-state index in [0.29, 0.717) is 21.7 Å². The zero-order chi connectivity index (χ0) is 18.7. The Kier molecular flexibility index (Phi) is 4.98. The van der Waals surface area contributed by atoms with Gasteiger partial charge in [-0.25, -0.2) is 9.97 Å². The summed E-state index contributed by atoms with van der Waals surface area (Å²) in [5.41, 5.74) is 6.76. The van der Waals surface area contributed by atoms with Gasteiger partial charge in [0.2, 0.25) is 5.95 Å². The van der Waals surface area contributed by atoms with Gasteiger partial charge in [-0.3, -0.25) is 0 Å². The maximum absolute atomic E-state index is 12.4. The van der Waals surface area contributed by atoms with Crippen LogP contribution in [0.3, 0.4) is 0 Å². The maximum atomic E-state index is 12.4. The second kappa shape index (κ2) is 7.20. The van der Waals surface area contributed by atoms with Crippen LogP contribution in [0.5, 0.6) is 5.75 Å². The van der Waals surface area contributed by atoms with E-state index in [1.165, 1.54) is 37.1 Å². The normalized spacial score (nSPS) is 11.4. The molecule has 26 heavy (non-hydrogen) atoms. The van der Waals surface area contributed by atoms with E-state index in [-0.39, 0.29) is 18.2 Å². The SMILES string of the molecule is Nc1nccc(N(Cc2cocn2)c2ccc(OC(F)(F)F)cc2Br)n1. The number of halogens is 4. The molecule has 7 nitrogen and oxygen atoms in total. The summed E-state index contributed by atoms with van der Waals surface area (Å²) < 4.78 is 46.4. The van der Waals surface area contributed by atoms with Gasteiger partial charge in [0, 0.05) is 10.7 Å². The van der Waals surface area contributed by atoms with Crippen LogP contribution in [0.15, 0.2) is 52.0 Å². The third-order valence-corrected chi connectivity index (χ3v) is 3.82. The van der Waals surface area contributed by atoms with E-state index in [9.17, 15) is 13.2 Å². The summed E-state index contributed by atoms with van der Waals surface area (Å²) in [6.07, 6.45) is -0.575. The van der Waals surface area contributed by atoms with Crippen LogP contribution >= 0.6 is 15.9 Å². The number of aromatic nitrogens is 3. The number of nitrogens with zero attached hydrogens (tertiary/aromatic N) is 4. The van der Waals surface area contributed by atoms with Crippen LogP contribution in [0, 0.1) is 0 Å². The second-order valence-electron chi connectivity index (χ2n) is 5.00. The molecule has 0 saturated heterocycles. The summed E-state index contributed by atoms with van der Waals surface area (Å²) in [5, 5.41) is 0. The van der Waals surface area contributed by atoms with Gasteiger partial charge in [-0.15, -0.1) is 13.2 Å². The van der Waals surface area contributed by atoms with Crippen molar-refractivity contribution >= 4 is 33.4 Å². The minimum atomic E-state index is -4.78. The van der Waals surface area contributed by atoms with Gasteiger partial charge in [-0.1, -0.05) is 0 Å². The highest BCUT2D eigenvalue weighted by atomic mass is 79.9. The molecule has 136 valence electrons. The highest BCUT2D eigenvalue weighted by molar-refractivity contribution is 9.10. The van der Waals surface area contributed by atoms with Crippen molar-refractivity contribution in [2.24, 2.45) is 0 Å². The van der Waals surface area contributed by atoms with Crippen LogP contribution in [0.2, 0.25) is 0 Å². The monoisotopic (exact) mass is 429 g/mol. The number of anilines is 3. The lowest BCUT2D eigenvalue weighted by atomic mass is 10.2. The summed E-state index contributed by atoms with van der Waals surface area (Å²) in [6.45, 7) is 0.241. The standard InChI is InChI=1S/C15H11BrF3N5O2/c16-11-5-10(26-15(17,18)19)1-2-12(11)24(6-9-7-25-8-22-9)13-3-4-21-14(20)23-13/h1-5,7-8H,6H2,(H2,20,21,23). The van der Waals surface area contributed by atoms with Crippen LogP contribution < -0.4 is 15.4 Å². The largest absolute Gasteiger partial charge is 0.573 e. The Morgan fingerprint density at radius 3 is 2.65 bits per heavy atom. The van der Waals surface area contributed by atoms with Crippen LogP contribution in [-0.2, 0) is 6.54 Å². The average molecular weight is 430 g/mol. The molecule has 2 heterocycles. The minimum Gasteiger partial charge on any atom is -0.451 e. The van der Waals surface area contributed by atoms with Gasteiger partial charge in [0.1, 0.15) is 17.8 Å². The van der Waals surface area contributed by atoms with Crippen molar-refractivity contribution in [2.75, 3.05) is 10.6 Å². The Bertz CT molecular complexity index is 889. The Morgan fingerprint density at radius 1 is 1.23 bits per heavy atom. The van der Waals surface area contributed by atoms with E-state index in [0.717, 1.165) is 0 Å². The van der Waals surface area contributed by atoms with E-state index in [2.05, 4.69) is 35.6 Å². The Labute approximate surface area is 153 Å². The number of alkyl halides is 3. The highest BCUT2D eigenvalue weighted by Crippen LogP contribution is 2.36. The van der Waals surface area contributed by atoms with Gasteiger partial charge in [0.25, 0.3) is 0 Å². The molecule has 0 radical (unpaired) electrons. The lowest BCUT2D eigenvalue weighted by Gasteiger charge is -2.24. The Balaban J connectivity index is 1.98. The first-order chi connectivity index (χ1) is 12.3. The molecular formula is C15H11BrF3N5O2. The molecule has 3 rings (SSSR count). The zero-order valence-corrected chi connectivity index (χ0v) is 14.5.